The highest BCUT2D eigenvalue weighted by atomic mass is 32.2. The molecule has 0 fully saturated rings. The highest BCUT2D eigenvalue weighted by Crippen LogP contribution is 2.27. The summed E-state index contributed by atoms with van der Waals surface area (Å²) in [6, 6.07) is 8.60. The second-order valence-corrected chi connectivity index (χ2v) is 6.75. The van der Waals surface area contributed by atoms with Gasteiger partial charge >= 0.3 is 0 Å². The van der Waals surface area contributed by atoms with Gasteiger partial charge in [-0.3, -0.25) is 0 Å². The summed E-state index contributed by atoms with van der Waals surface area (Å²) in [5, 5.41) is 1.19. The van der Waals surface area contributed by atoms with Crippen LogP contribution in [0.15, 0.2) is 29.2 Å². The molecule has 2 nitrogen and oxygen atoms in total. The monoisotopic (exact) mass is 292 g/mol. The van der Waals surface area contributed by atoms with E-state index in [9.17, 15) is 0 Å². The lowest BCUT2D eigenvalue weighted by Gasteiger charge is -2.00. The Bertz CT molecular complexity index is 535. The minimum Gasteiger partial charge on any atom is -0.326 e. The predicted octanol–water partition coefficient (Wildman–Crippen LogP) is 4.16. The van der Waals surface area contributed by atoms with Crippen molar-refractivity contribution < 1.29 is 0 Å². The van der Waals surface area contributed by atoms with E-state index in [4.69, 9.17) is 10.7 Å². The zero-order chi connectivity index (χ0) is 13.7. The van der Waals surface area contributed by atoms with Crippen molar-refractivity contribution >= 4 is 23.1 Å². The number of nitrogens with zero attached hydrogens (tertiary/aromatic N) is 1. The zero-order valence-electron chi connectivity index (χ0n) is 11.5. The molecule has 19 heavy (non-hydrogen) atoms. The summed E-state index contributed by atoms with van der Waals surface area (Å²) in [4.78, 5) is 7.28. The minimum atomic E-state index is 0.613. The lowest BCUT2D eigenvalue weighted by Crippen LogP contribution is -1.97. The molecule has 0 unspecified atom stereocenters. The van der Waals surface area contributed by atoms with Crippen molar-refractivity contribution in [1.82, 2.24) is 4.98 Å². The molecule has 1 aromatic carbocycles. The fourth-order valence-electron chi connectivity index (χ4n) is 1.94. The Labute approximate surface area is 123 Å². The molecule has 2 N–H and O–H groups in total. The fourth-order valence-corrected chi connectivity index (χ4v) is 3.94. The van der Waals surface area contributed by atoms with E-state index >= 15 is 0 Å². The van der Waals surface area contributed by atoms with Crippen molar-refractivity contribution in [1.29, 1.82) is 0 Å². The Morgan fingerprint density at radius 3 is 2.89 bits per heavy atom. The van der Waals surface area contributed by atoms with Gasteiger partial charge in [0.15, 0.2) is 0 Å². The Hall–Kier alpha value is -0.840. The molecule has 0 spiro atoms. The van der Waals surface area contributed by atoms with Gasteiger partial charge in [-0.25, -0.2) is 4.98 Å². The average molecular weight is 292 g/mol. The number of thiazole rings is 1. The smallest absolute Gasteiger partial charge is 0.103 e. The molecular weight excluding hydrogens is 272 g/mol. The second kappa shape index (κ2) is 7.08. The Kier molecular flexibility index (Phi) is 5.43. The van der Waals surface area contributed by atoms with Crippen LogP contribution < -0.4 is 5.73 Å². The number of aryl methyl sites for hydroxylation is 2. The van der Waals surface area contributed by atoms with E-state index in [0.717, 1.165) is 18.6 Å². The van der Waals surface area contributed by atoms with Gasteiger partial charge in [0.05, 0.1) is 11.4 Å². The molecule has 2 aromatic rings. The molecule has 4 heteroatoms. The first-order valence-corrected chi connectivity index (χ1v) is 8.40. The van der Waals surface area contributed by atoms with Crippen LogP contribution in [0.4, 0.5) is 0 Å². The summed E-state index contributed by atoms with van der Waals surface area (Å²) in [7, 11) is 0. The molecule has 0 bridgehead atoms. The Morgan fingerprint density at radius 2 is 2.21 bits per heavy atom. The summed E-state index contributed by atoms with van der Waals surface area (Å²) in [5.41, 5.74) is 8.29. The molecule has 1 heterocycles. The first kappa shape index (κ1) is 14.6. The standard InChI is InChI=1S/C15H20N2S2/c1-3-5-13-14(9-16)19-15(17-13)10-18-12-7-4-6-11(2)8-12/h4,6-8H,3,5,9-10,16H2,1-2H3. The number of benzene rings is 1. The van der Waals surface area contributed by atoms with Crippen molar-refractivity contribution in [3.05, 3.63) is 45.4 Å². The SMILES string of the molecule is CCCc1nc(CSc2cccc(C)c2)sc1CN. The average Bonchev–Trinajstić information content (AvgIpc) is 2.79. The van der Waals surface area contributed by atoms with Crippen LogP contribution in [0, 0.1) is 6.92 Å². The largest absolute Gasteiger partial charge is 0.326 e. The molecule has 0 radical (unpaired) electrons. The number of rotatable bonds is 6. The van der Waals surface area contributed by atoms with Gasteiger partial charge in [0.1, 0.15) is 5.01 Å². The van der Waals surface area contributed by atoms with E-state index < -0.39 is 0 Å². The van der Waals surface area contributed by atoms with Crippen molar-refractivity contribution in [2.75, 3.05) is 0 Å². The Balaban J connectivity index is 2.03. The highest BCUT2D eigenvalue weighted by Gasteiger charge is 2.09. The van der Waals surface area contributed by atoms with E-state index in [1.807, 2.05) is 11.8 Å². The van der Waals surface area contributed by atoms with Crippen LogP contribution in [-0.2, 0) is 18.7 Å². The molecule has 0 atom stereocenters. The van der Waals surface area contributed by atoms with Gasteiger partial charge in [-0.15, -0.1) is 23.1 Å². The van der Waals surface area contributed by atoms with Crippen LogP contribution in [0.2, 0.25) is 0 Å². The number of hydrogen-bond donors (Lipinski definition) is 1. The highest BCUT2D eigenvalue weighted by molar-refractivity contribution is 7.98. The maximum atomic E-state index is 5.78. The van der Waals surface area contributed by atoms with Crippen LogP contribution in [0.1, 0.15) is 34.5 Å². The first-order chi connectivity index (χ1) is 9.22. The summed E-state index contributed by atoms with van der Waals surface area (Å²) in [6.45, 7) is 4.92. The summed E-state index contributed by atoms with van der Waals surface area (Å²) in [6.07, 6.45) is 2.17. The first-order valence-electron chi connectivity index (χ1n) is 6.60. The van der Waals surface area contributed by atoms with Crippen molar-refractivity contribution in [2.24, 2.45) is 5.73 Å². The number of nitrogens with two attached hydrogens (primary N) is 1. The normalized spacial score (nSPS) is 10.9. The molecule has 0 saturated heterocycles. The molecule has 102 valence electrons. The predicted molar refractivity (Wildman–Crippen MR) is 84.7 cm³/mol. The van der Waals surface area contributed by atoms with Crippen LogP contribution in [0.5, 0.6) is 0 Å². The third-order valence-electron chi connectivity index (χ3n) is 2.85. The summed E-state index contributed by atoms with van der Waals surface area (Å²) >= 11 is 3.61. The van der Waals surface area contributed by atoms with Crippen LogP contribution in [-0.4, -0.2) is 4.98 Å². The molecule has 0 aliphatic heterocycles. The number of hydrogen-bond acceptors (Lipinski definition) is 4. The van der Waals surface area contributed by atoms with Crippen LogP contribution >= 0.6 is 23.1 Å². The quantitative estimate of drug-likeness (QED) is 0.813. The second-order valence-electron chi connectivity index (χ2n) is 4.54. The van der Waals surface area contributed by atoms with E-state index in [1.54, 1.807) is 11.3 Å². The Morgan fingerprint density at radius 1 is 1.37 bits per heavy atom. The zero-order valence-corrected chi connectivity index (χ0v) is 13.1. The van der Waals surface area contributed by atoms with Crippen molar-refractivity contribution in [3.8, 4) is 0 Å². The van der Waals surface area contributed by atoms with Gasteiger partial charge in [0.25, 0.3) is 0 Å². The molecule has 2 rings (SSSR count). The summed E-state index contributed by atoms with van der Waals surface area (Å²) < 4.78 is 0. The third kappa shape index (κ3) is 4.06. The van der Waals surface area contributed by atoms with Crippen LogP contribution in [0.3, 0.4) is 0 Å². The fraction of sp³-hybridized carbons (Fsp3) is 0.400. The molecule has 0 aliphatic rings. The van der Waals surface area contributed by atoms with Gasteiger partial charge in [-0.2, -0.15) is 0 Å². The van der Waals surface area contributed by atoms with Crippen molar-refractivity contribution in [2.45, 2.75) is 43.9 Å². The van der Waals surface area contributed by atoms with Gasteiger partial charge < -0.3 is 5.73 Å². The lowest BCUT2D eigenvalue weighted by atomic mass is 10.2. The molecule has 0 saturated carbocycles. The molecule has 0 amide bonds. The minimum absolute atomic E-state index is 0.613. The number of thioether (sulfide) groups is 1. The van der Waals surface area contributed by atoms with Crippen molar-refractivity contribution in [3.63, 3.8) is 0 Å². The van der Waals surface area contributed by atoms with E-state index in [-0.39, 0.29) is 0 Å². The maximum Gasteiger partial charge on any atom is 0.103 e. The molecule has 0 aliphatic carbocycles. The van der Waals surface area contributed by atoms with E-state index in [2.05, 4.69) is 38.1 Å². The topological polar surface area (TPSA) is 38.9 Å². The van der Waals surface area contributed by atoms with Gasteiger partial charge in [0.2, 0.25) is 0 Å². The van der Waals surface area contributed by atoms with Gasteiger partial charge in [0, 0.05) is 16.3 Å². The number of aromatic nitrogens is 1. The van der Waals surface area contributed by atoms with Gasteiger partial charge in [-0.05, 0) is 25.5 Å². The van der Waals surface area contributed by atoms with Crippen LogP contribution in [0.25, 0.3) is 0 Å². The van der Waals surface area contributed by atoms with E-state index in [0.29, 0.717) is 6.54 Å². The van der Waals surface area contributed by atoms with E-state index in [1.165, 1.54) is 26.0 Å². The third-order valence-corrected chi connectivity index (χ3v) is 5.15. The maximum absolute atomic E-state index is 5.78. The lowest BCUT2D eigenvalue weighted by molar-refractivity contribution is 0.866. The van der Waals surface area contributed by atoms with Gasteiger partial charge in [-0.1, -0.05) is 31.0 Å². The molecular formula is C15H20N2S2. The summed E-state index contributed by atoms with van der Waals surface area (Å²) in [5.74, 6) is 0.935. The molecule has 1 aromatic heterocycles.